The summed E-state index contributed by atoms with van der Waals surface area (Å²) >= 11 is 0. The average molecular weight is 246 g/mol. The Kier molecular flexibility index (Phi) is 3.67. The molecule has 96 valence electrons. The molecule has 2 rings (SSSR count). The van der Waals surface area contributed by atoms with E-state index in [1.54, 1.807) is 6.20 Å². The van der Waals surface area contributed by atoms with E-state index >= 15 is 0 Å². The van der Waals surface area contributed by atoms with Gasteiger partial charge in [0.25, 0.3) is 0 Å². The van der Waals surface area contributed by atoms with Gasteiger partial charge in [0, 0.05) is 6.20 Å². The normalized spacial score (nSPS) is 15.4. The quantitative estimate of drug-likeness (QED) is 0.885. The molecular weight excluding hydrogens is 228 g/mol. The molecule has 0 spiro atoms. The van der Waals surface area contributed by atoms with Crippen LogP contribution in [0.3, 0.4) is 0 Å². The Labute approximate surface area is 107 Å². The SMILES string of the molecule is CC(C)C(N)C(=O)ON1C=Cc2ccccc2C1. The monoisotopic (exact) mass is 246 g/mol. The van der Waals surface area contributed by atoms with Crippen LogP contribution in [0.2, 0.25) is 0 Å². The molecule has 18 heavy (non-hydrogen) atoms. The second-order valence-electron chi connectivity index (χ2n) is 4.77. The van der Waals surface area contributed by atoms with E-state index in [2.05, 4.69) is 0 Å². The lowest BCUT2D eigenvalue weighted by Gasteiger charge is -2.25. The molecule has 0 radical (unpaired) electrons. The third kappa shape index (κ3) is 2.71. The molecule has 1 aromatic rings. The summed E-state index contributed by atoms with van der Waals surface area (Å²) in [4.78, 5) is 17.0. The molecule has 0 fully saturated rings. The second-order valence-corrected chi connectivity index (χ2v) is 4.77. The lowest BCUT2D eigenvalue weighted by molar-refractivity contribution is -0.183. The fourth-order valence-electron chi connectivity index (χ4n) is 1.74. The molecule has 0 saturated carbocycles. The van der Waals surface area contributed by atoms with E-state index in [0.717, 1.165) is 11.1 Å². The first-order valence-corrected chi connectivity index (χ1v) is 6.08. The Morgan fingerprint density at radius 2 is 2.11 bits per heavy atom. The first-order valence-electron chi connectivity index (χ1n) is 6.08. The van der Waals surface area contributed by atoms with Gasteiger partial charge in [-0.25, -0.2) is 9.86 Å². The fraction of sp³-hybridized carbons (Fsp3) is 0.357. The number of carbonyl (C=O) groups is 1. The number of hydrogen-bond acceptors (Lipinski definition) is 4. The number of hydrogen-bond donors (Lipinski definition) is 1. The van der Waals surface area contributed by atoms with Crippen molar-refractivity contribution < 1.29 is 9.63 Å². The third-order valence-electron chi connectivity index (χ3n) is 3.00. The minimum absolute atomic E-state index is 0.0681. The van der Waals surface area contributed by atoms with E-state index in [-0.39, 0.29) is 5.92 Å². The van der Waals surface area contributed by atoms with E-state index in [1.165, 1.54) is 5.06 Å². The van der Waals surface area contributed by atoms with Crippen molar-refractivity contribution in [2.75, 3.05) is 0 Å². The minimum Gasteiger partial charge on any atom is -0.339 e. The standard InChI is InChI=1S/C14H18N2O2/c1-10(2)13(15)14(17)18-16-8-7-11-5-3-4-6-12(11)9-16/h3-8,10,13H,9,15H2,1-2H3. The summed E-state index contributed by atoms with van der Waals surface area (Å²) in [5.74, 6) is -0.326. The first-order chi connectivity index (χ1) is 8.58. The van der Waals surface area contributed by atoms with Gasteiger partial charge in [0.05, 0.1) is 6.54 Å². The van der Waals surface area contributed by atoms with Gasteiger partial charge in [-0.3, -0.25) is 0 Å². The van der Waals surface area contributed by atoms with Crippen molar-refractivity contribution >= 4 is 12.0 Å². The molecule has 0 amide bonds. The number of rotatable bonds is 3. The zero-order valence-electron chi connectivity index (χ0n) is 10.7. The minimum atomic E-state index is -0.587. The van der Waals surface area contributed by atoms with Crippen LogP contribution in [0.5, 0.6) is 0 Å². The van der Waals surface area contributed by atoms with Crippen LogP contribution in [0, 0.1) is 5.92 Å². The van der Waals surface area contributed by atoms with Crippen molar-refractivity contribution in [2.45, 2.75) is 26.4 Å². The Morgan fingerprint density at radius 1 is 1.39 bits per heavy atom. The second kappa shape index (κ2) is 5.23. The van der Waals surface area contributed by atoms with Gasteiger partial charge in [-0.05, 0) is 23.1 Å². The average Bonchev–Trinajstić information content (AvgIpc) is 2.37. The van der Waals surface area contributed by atoms with Crippen molar-refractivity contribution in [2.24, 2.45) is 11.7 Å². The molecule has 1 aliphatic rings. The molecule has 1 heterocycles. The maximum absolute atomic E-state index is 11.7. The Bertz CT molecular complexity index is 469. The molecule has 2 N–H and O–H groups in total. The molecule has 1 aliphatic heterocycles. The maximum atomic E-state index is 11.7. The van der Waals surface area contributed by atoms with Crippen LogP contribution < -0.4 is 5.73 Å². The van der Waals surface area contributed by atoms with Crippen LogP contribution in [-0.2, 0) is 16.2 Å². The molecule has 1 aromatic carbocycles. The molecular formula is C14H18N2O2. The number of carbonyl (C=O) groups excluding carboxylic acids is 1. The molecule has 1 atom stereocenters. The number of nitrogens with two attached hydrogens (primary N) is 1. The van der Waals surface area contributed by atoms with E-state index in [9.17, 15) is 4.79 Å². The highest BCUT2D eigenvalue weighted by Gasteiger charge is 2.22. The summed E-state index contributed by atoms with van der Waals surface area (Å²) in [6, 6.07) is 7.42. The summed E-state index contributed by atoms with van der Waals surface area (Å²) in [7, 11) is 0. The van der Waals surface area contributed by atoms with Gasteiger partial charge in [-0.1, -0.05) is 38.1 Å². The van der Waals surface area contributed by atoms with Gasteiger partial charge in [0.1, 0.15) is 6.04 Å². The zero-order valence-corrected chi connectivity index (χ0v) is 10.7. The number of nitrogens with zero attached hydrogens (tertiary/aromatic N) is 1. The molecule has 0 aromatic heterocycles. The lowest BCUT2D eigenvalue weighted by Crippen LogP contribution is -2.40. The van der Waals surface area contributed by atoms with Gasteiger partial charge in [-0.2, -0.15) is 0 Å². The predicted octanol–water partition coefficient (Wildman–Crippen LogP) is 1.91. The molecule has 1 unspecified atom stereocenters. The van der Waals surface area contributed by atoms with Gasteiger partial charge in [0.2, 0.25) is 0 Å². The number of hydroxylamine groups is 2. The smallest absolute Gasteiger partial charge is 0.339 e. The summed E-state index contributed by atoms with van der Waals surface area (Å²) in [5.41, 5.74) is 8.03. The maximum Gasteiger partial charge on any atom is 0.349 e. The van der Waals surface area contributed by atoms with Crippen molar-refractivity contribution in [1.82, 2.24) is 5.06 Å². The zero-order chi connectivity index (χ0) is 13.1. The van der Waals surface area contributed by atoms with E-state index in [0.29, 0.717) is 6.54 Å². The Balaban J connectivity index is 2.00. The van der Waals surface area contributed by atoms with Gasteiger partial charge >= 0.3 is 5.97 Å². The molecule has 4 nitrogen and oxygen atoms in total. The van der Waals surface area contributed by atoms with Gasteiger partial charge in [-0.15, -0.1) is 0 Å². The van der Waals surface area contributed by atoms with E-state index < -0.39 is 12.0 Å². The van der Waals surface area contributed by atoms with Crippen molar-refractivity contribution in [1.29, 1.82) is 0 Å². The van der Waals surface area contributed by atoms with Crippen LogP contribution in [0.1, 0.15) is 25.0 Å². The van der Waals surface area contributed by atoms with Crippen molar-refractivity contribution in [3.63, 3.8) is 0 Å². The van der Waals surface area contributed by atoms with Crippen LogP contribution in [-0.4, -0.2) is 17.1 Å². The topological polar surface area (TPSA) is 55.6 Å². The summed E-state index contributed by atoms with van der Waals surface area (Å²) in [6.07, 6.45) is 3.68. The third-order valence-corrected chi connectivity index (χ3v) is 3.00. The highest BCUT2D eigenvalue weighted by molar-refractivity contribution is 5.75. The Morgan fingerprint density at radius 3 is 2.83 bits per heavy atom. The van der Waals surface area contributed by atoms with Crippen LogP contribution in [0.25, 0.3) is 6.08 Å². The van der Waals surface area contributed by atoms with Crippen molar-refractivity contribution in [3.05, 3.63) is 41.6 Å². The molecule has 0 bridgehead atoms. The molecule has 4 heteroatoms. The Hall–Kier alpha value is -1.81. The van der Waals surface area contributed by atoms with Crippen LogP contribution in [0.4, 0.5) is 0 Å². The number of benzene rings is 1. The predicted molar refractivity (Wildman–Crippen MR) is 69.9 cm³/mol. The fourth-order valence-corrected chi connectivity index (χ4v) is 1.74. The highest BCUT2D eigenvalue weighted by Crippen LogP contribution is 2.19. The highest BCUT2D eigenvalue weighted by atomic mass is 16.7. The van der Waals surface area contributed by atoms with Crippen molar-refractivity contribution in [3.8, 4) is 0 Å². The summed E-state index contributed by atoms with van der Waals surface area (Å²) in [6.45, 7) is 4.35. The lowest BCUT2D eigenvalue weighted by atomic mass is 10.1. The van der Waals surface area contributed by atoms with Crippen LogP contribution in [0.15, 0.2) is 30.5 Å². The first kappa shape index (κ1) is 12.6. The summed E-state index contributed by atoms with van der Waals surface area (Å²) in [5, 5.41) is 1.52. The summed E-state index contributed by atoms with van der Waals surface area (Å²) < 4.78 is 0. The van der Waals surface area contributed by atoms with E-state index in [4.69, 9.17) is 10.6 Å². The molecule has 0 aliphatic carbocycles. The van der Waals surface area contributed by atoms with Gasteiger partial charge < -0.3 is 10.6 Å². The number of fused-ring (bicyclic) bond motifs is 1. The van der Waals surface area contributed by atoms with Gasteiger partial charge in [0.15, 0.2) is 0 Å². The largest absolute Gasteiger partial charge is 0.349 e. The molecule has 0 saturated heterocycles. The van der Waals surface area contributed by atoms with Crippen LogP contribution >= 0.6 is 0 Å². The van der Waals surface area contributed by atoms with E-state index in [1.807, 2.05) is 44.2 Å².